The highest BCUT2D eigenvalue weighted by molar-refractivity contribution is 6.10. The van der Waals surface area contributed by atoms with E-state index in [0.29, 0.717) is 0 Å². The Morgan fingerprint density at radius 1 is 0.339 bits per heavy atom. The van der Waals surface area contributed by atoms with Crippen molar-refractivity contribution in [3.8, 4) is 50.2 Å². The van der Waals surface area contributed by atoms with Crippen LogP contribution in [0, 0.1) is 0 Å². The van der Waals surface area contributed by atoms with Gasteiger partial charge in [0.15, 0.2) is 0 Å². The first-order chi connectivity index (χ1) is 29.0. The van der Waals surface area contributed by atoms with Crippen LogP contribution in [0.3, 0.4) is 0 Å². The molecule has 59 heavy (non-hydrogen) atoms. The second kappa shape index (κ2) is 13.9. The lowest BCUT2D eigenvalue weighted by atomic mass is 9.81. The minimum absolute atomic E-state index is 0.147. The third kappa shape index (κ3) is 5.87. The number of hydrogen-bond donors (Lipinski definition) is 0. The third-order valence-corrected chi connectivity index (χ3v) is 12.4. The minimum Gasteiger partial charge on any atom is -0.310 e. The van der Waals surface area contributed by atoms with Crippen LogP contribution in [0.4, 0.5) is 17.1 Å². The van der Waals surface area contributed by atoms with Crippen LogP contribution in [0.15, 0.2) is 218 Å². The monoisotopic (exact) mass is 754 g/mol. The van der Waals surface area contributed by atoms with Gasteiger partial charge < -0.3 is 9.47 Å². The molecule has 9 aromatic carbocycles. The van der Waals surface area contributed by atoms with Crippen molar-refractivity contribution in [2.45, 2.75) is 19.3 Å². The lowest BCUT2D eigenvalue weighted by Crippen LogP contribution is -2.16. The van der Waals surface area contributed by atoms with Gasteiger partial charge in [-0.3, -0.25) is 0 Å². The van der Waals surface area contributed by atoms with E-state index in [1.54, 1.807) is 0 Å². The minimum atomic E-state index is -0.147. The number of fused-ring (bicyclic) bond motifs is 6. The van der Waals surface area contributed by atoms with E-state index in [-0.39, 0.29) is 5.41 Å². The molecule has 1 heterocycles. The summed E-state index contributed by atoms with van der Waals surface area (Å²) in [6, 6.07) is 79.7. The molecule has 1 aliphatic carbocycles. The molecule has 0 radical (unpaired) electrons. The van der Waals surface area contributed by atoms with E-state index < -0.39 is 0 Å². The van der Waals surface area contributed by atoms with E-state index in [1.165, 1.54) is 83.1 Å². The molecule has 0 unspecified atom stereocenters. The molecule has 0 N–H and O–H groups in total. The summed E-state index contributed by atoms with van der Waals surface area (Å²) in [6.07, 6.45) is 0. The summed E-state index contributed by atoms with van der Waals surface area (Å²) >= 11 is 0. The Balaban J connectivity index is 0.936. The Morgan fingerprint density at radius 2 is 0.831 bits per heavy atom. The number of para-hydroxylation sites is 3. The van der Waals surface area contributed by atoms with Crippen molar-refractivity contribution >= 4 is 38.9 Å². The molecular weight excluding hydrogens is 713 g/mol. The average Bonchev–Trinajstić information content (AvgIpc) is 3.75. The van der Waals surface area contributed by atoms with Crippen LogP contribution in [0.25, 0.3) is 72.0 Å². The average molecular weight is 755 g/mol. The Bertz CT molecular complexity index is 3160. The Morgan fingerprint density at radius 3 is 1.59 bits per heavy atom. The predicted molar refractivity (Wildman–Crippen MR) is 249 cm³/mol. The van der Waals surface area contributed by atoms with E-state index >= 15 is 0 Å². The van der Waals surface area contributed by atoms with Crippen LogP contribution in [-0.4, -0.2) is 4.57 Å². The fraction of sp³-hybridized carbons (Fsp3) is 0.0526. The van der Waals surface area contributed by atoms with Gasteiger partial charge in [0, 0.05) is 38.9 Å². The smallest absolute Gasteiger partial charge is 0.0541 e. The van der Waals surface area contributed by atoms with Crippen LogP contribution in [0.2, 0.25) is 0 Å². The van der Waals surface area contributed by atoms with Crippen molar-refractivity contribution in [2.24, 2.45) is 0 Å². The molecule has 1 aliphatic rings. The fourth-order valence-electron chi connectivity index (χ4n) is 9.39. The SMILES string of the molecule is CC1(C)c2cc(-c3ccccc3)ccc2-c2ccc(N(c3ccccc3)c3ccc(-c4cccc(-c5ccc6c(c5)c5ccccc5n6-c5ccccc5)c4)cc3)cc21. The molecular formula is C57H42N2. The second-order valence-electron chi connectivity index (χ2n) is 16.2. The quantitative estimate of drug-likeness (QED) is 0.157. The highest BCUT2D eigenvalue weighted by Gasteiger charge is 2.36. The van der Waals surface area contributed by atoms with Gasteiger partial charge in [0.2, 0.25) is 0 Å². The fourth-order valence-corrected chi connectivity index (χ4v) is 9.39. The highest BCUT2D eigenvalue weighted by Crippen LogP contribution is 2.51. The van der Waals surface area contributed by atoms with E-state index in [0.717, 1.165) is 17.1 Å². The zero-order chi connectivity index (χ0) is 39.5. The predicted octanol–water partition coefficient (Wildman–Crippen LogP) is 15.6. The van der Waals surface area contributed by atoms with Crippen LogP contribution in [0.1, 0.15) is 25.0 Å². The molecule has 0 spiro atoms. The maximum Gasteiger partial charge on any atom is 0.0541 e. The maximum absolute atomic E-state index is 2.41. The van der Waals surface area contributed by atoms with Gasteiger partial charge in [0.25, 0.3) is 0 Å². The summed E-state index contributed by atoms with van der Waals surface area (Å²) in [7, 11) is 0. The van der Waals surface area contributed by atoms with Crippen molar-refractivity contribution in [3.05, 3.63) is 230 Å². The van der Waals surface area contributed by atoms with E-state index in [2.05, 4.69) is 242 Å². The number of aromatic nitrogens is 1. The van der Waals surface area contributed by atoms with E-state index in [4.69, 9.17) is 0 Å². The standard InChI is InChI=1S/C57H42N2/c1-57(2)53-37-44(39-15-6-3-7-16-39)27-32-49(53)50-33-31-48(38-54(50)57)58(45-19-8-4-9-20-45)47-29-25-40(26-30-47)41-17-14-18-42(35-41)43-28-34-56-52(36-43)51-23-12-13-24-55(51)59(56)46-21-10-5-11-22-46/h3-38H,1-2H3. The van der Waals surface area contributed by atoms with Gasteiger partial charge in [0.1, 0.15) is 0 Å². The van der Waals surface area contributed by atoms with Crippen molar-refractivity contribution in [1.82, 2.24) is 4.57 Å². The Kier molecular flexibility index (Phi) is 8.20. The Labute approximate surface area is 345 Å². The van der Waals surface area contributed by atoms with Crippen LogP contribution in [-0.2, 0) is 5.41 Å². The highest BCUT2D eigenvalue weighted by atomic mass is 15.1. The third-order valence-electron chi connectivity index (χ3n) is 12.4. The van der Waals surface area contributed by atoms with Crippen molar-refractivity contribution in [3.63, 3.8) is 0 Å². The maximum atomic E-state index is 2.41. The number of nitrogens with zero attached hydrogens (tertiary/aromatic N) is 2. The molecule has 0 atom stereocenters. The molecule has 2 nitrogen and oxygen atoms in total. The summed E-state index contributed by atoms with van der Waals surface area (Å²) in [5, 5.41) is 2.52. The molecule has 0 amide bonds. The molecule has 0 saturated carbocycles. The normalized spacial score (nSPS) is 12.7. The van der Waals surface area contributed by atoms with Gasteiger partial charge in [-0.15, -0.1) is 0 Å². The number of anilines is 3. The van der Waals surface area contributed by atoms with E-state index in [9.17, 15) is 0 Å². The number of rotatable bonds is 7. The first-order valence-electron chi connectivity index (χ1n) is 20.5. The summed E-state index contributed by atoms with van der Waals surface area (Å²) < 4.78 is 2.37. The summed E-state index contributed by atoms with van der Waals surface area (Å²) in [6.45, 7) is 4.74. The lowest BCUT2D eigenvalue weighted by molar-refractivity contribution is 0.660. The van der Waals surface area contributed by atoms with Crippen LogP contribution < -0.4 is 4.90 Å². The molecule has 2 heteroatoms. The lowest BCUT2D eigenvalue weighted by Gasteiger charge is -2.28. The van der Waals surface area contributed by atoms with Gasteiger partial charge in [-0.05, 0) is 134 Å². The topological polar surface area (TPSA) is 8.17 Å². The second-order valence-corrected chi connectivity index (χ2v) is 16.2. The zero-order valence-corrected chi connectivity index (χ0v) is 33.2. The Hall–Kier alpha value is -7.42. The largest absolute Gasteiger partial charge is 0.310 e. The zero-order valence-electron chi connectivity index (χ0n) is 33.2. The molecule has 280 valence electrons. The molecule has 10 aromatic rings. The van der Waals surface area contributed by atoms with Gasteiger partial charge in [-0.1, -0.05) is 153 Å². The van der Waals surface area contributed by atoms with E-state index in [1.807, 2.05) is 0 Å². The molecule has 0 fully saturated rings. The number of hydrogen-bond acceptors (Lipinski definition) is 1. The van der Waals surface area contributed by atoms with Crippen molar-refractivity contribution in [2.75, 3.05) is 4.90 Å². The molecule has 11 rings (SSSR count). The summed E-state index contributed by atoms with van der Waals surface area (Å²) in [5.41, 5.74) is 19.5. The summed E-state index contributed by atoms with van der Waals surface area (Å²) in [4.78, 5) is 2.38. The van der Waals surface area contributed by atoms with Gasteiger partial charge in [-0.2, -0.15) is 0 Å². The number of benzene rings is 9. The van der Waals surface area contributed by atoms with Crippen LogP contribution in [0.5, 0.6) is 0 Å². The molecule has 0 saturated heterocycles. The summed E-state index contributed by atoms with van der Waals surface area (Å²) in [5.74, 6) is 0. The van der Waals surface area contributed by atoms with Crippen molar-refractivity contribution < 1.29 is 0 Å². The van der Waals surface area contributed by atoms with Crippen LogP contribution >= 0.6 is 0 Å². The van der Waals surface area contributed by atoms with Gasteiger partial charge in [-0.25, -0.2) is 0 Å². The van der Waals surface area contributed by atoms with Gasteiger partial charge in [0.05, 0.1) is 11.0 Å². The first kappa shape index (κ1) is 34.8. The van der Waals surface area contributed by atoms with Crippen molar-refractivity contribution in [1.29, 1.82) is 0 Å². The first-order valence-corrected chi connectivity index (χ1v) is 20.5. The molecule has 0 bridgehead atoms. The molecule has 0 aliphatic heterocycles. The van der Waals surface area contributed by atoms with Gasteiger partial charge >= 0.3 is 0 Å². The molecule has 1 aromatic heterocycles.